The molecule has 0 aromatic rings. The summed E-state index contributed by atoms with van der Waals surface area (Å²) in [5.41, 5.74) is 0. The summed E-state index contributed by atoms with van der Waals surface area (Å²) >= 11 is 0. The molecule has 0 aliphatic carbocycles. The van der Waals surface area contributed by atoms with Crippen LogP contribution in [0.5, 0.6) is 0 Å². The van der Waals surface area contributed by atoms with Crippen molar-refractivity contribution in [2.24, 2.45) is 0 Å². The molecule has 0 aromatic carbocycles. The van der Waals surface area contributed by atoms with E-state index >= 15 is 0 Å². The molecule has 0 saturated heterocycles. The van der Waals surface area contributed by atoms with Crippen LogP contribution in [0.4, 0.5) is 0 Å². The molecule has 0 heterocycles. The minimum atomic E-state index is 0. The molecule has 0 saturated carbocycles. The number of rotatable bonds is 2. The Morgan fingerprint density at radius 2 is 2.00 bits per heavy atom. The molecular formula is C4H14GeO. The van der Waals surface area contributed by atoms with E-state index in [0.29, 0.717) is 6.61 Å². The molecule has 0 unspecified atom stereocenters. The average molecular weight is 151 g/mol. The van der Waals surface area contributed by atoms with E-state index in [0.717, 1.165) is 12.8 Å². The molecule has 0 amide bonds. The van der Waals surface area contributed by atoms with E-state index < -0.39 is 0 Å². The molecule has 40 valence electrons. The number of aliphatic hydroxyl groups excluding tert-OH is 1. The Hall–Kier alpha value is 0.503. The second-order valence-electron chi connectivity index (χ2n) is 1.08. The van der Waals surface area contributed by atoms with Crippen LogP contribution in [0.25, 0.3) is 0 Å². The van der Waals surface area contributed by atoms with Gasteiger partial charge in [-0.05, 0) is 6.42 Å². The second-order valence-corrected chi connectivity index (χ2v) is 1.08. The van der Waals surface area contributed by atoms with Crippen molar-refractivity contribution in [3.8, 4) is 0 Å². The van der Waals surface area contributed by atoms with Crippen molar-refractivity contribution in [3.63, 3.8) is 0 Å². The van der Waals surface area contributed by atoms with Crippen molar-refractivity contribution >= 4 is 17.6 Å². The fourth-order valence-electron chi connectivity index (χ4n) is 0.158. The maximum atomic E-state index is 8.07. The predicted molar refractivity (Wildman–Crippen MR) is 33.3 cm³/mol. The van der Waals surface area contributed by atoms with Gasteiger partial charge in [0.2, 0.25) is 0 Å². The molecule has 0 rings (SSSR count). The molecular weight excluding hydrogens is 137 g/mol. The maximum absolute atomic E-state index is 8.07. The Morgan fingerprint density at radius 1 is 1.50 bits per heavy atom. The molecule has 0 spiro atoms. The third-order valence-electron chi connectivity index (χ3n) is 0.512. The summed E-state index contributed by atoms with van der Waals surface area (Å²) in [5.74, 6) is 0. The van der Waals surface area contributed by atoms with Crippen LogP contribution in [0.3, 0.4) is 0 Å². The third kappa shape index (κ3) is 8.82. The van der Waals surface area contributed by atoms with Gasteiger partial charge in [0, 0.05) is 6.61 Å². The molecule has 0 radical (unpaired) electrons. The SMILES string of the molecule is CCCCO.[GeH4]. The van der Waals surface area contributed by atoms with Crippen LogP contribution in [-0.4, -0.2) is 29.3 Å². The van der Waals surface area contributed by atoms with Gasteiger partial charge in [-0.25, -0.2) is 0 Å². The van der Waals surface area contributed by atoms with Crippen LogP contribution in [0.2, 0.25) is 0 Å². The van der Waals surface area contributed by atoms with Crippen molar-refractivity contribution in [1.29, 1.82) is 0 Å². The molecule has 1 nitrogen and oxygen atoms in total. The van der Waals surface area contributed by atoms with Crippen molar-refractivity contribution in [2.45, 2.75) is 19.8 Å². The fraction of sp³-hybridized carbons (Fsp3) is 1.00. The first-order valence-electron chi connectivity index (χ1n) is 2.02. The zero-order valence-corrected chi connectivity index (χ0v) is 3.57. The summed E-state index contributed by atoms with van der Waals surface area (Å²) in [6.45, 7) is 2.40. The first-order valence-corrected chi connectivity index (χ1v) is 2.02. The van der Waals surface area contributed by atoms with Crippen molar-refractivity contribution < 1.29 is 5.11 Å². The Morgan fingerprint density at radius 3 is 2.00 bits per heavy atom. The van der Waals surface area contributed by atoms with Crippen molar-refractivity contribution in [3.05, 3.63) is 0 Å². The second kappa shape index (κ2) is 9.09. The Bertz CT molecular complexity index is 15.0. The van der Waals surface area contributed by atoms with E-state index in [1.165, 1.54) is 0 Å². The summed E-state index contributed by atoms with van der Waals surface area (Å²) in [6, 6.07) is 0. The molecule has 2 heteroatoms. The summed E-state index contributed by atoms with van der Waals surface area (Å²) in [4.78, 5) is 0. The van der Waals surface area contributed by atoms with Gasteiger partial charge in [-0.15, -0.1) is 0 Å². The Kier molecular flexibility index (Phi) is 14.7. The molecule has 0 atom stereocenters. The summed E-state index contributed by atoms with van der Waals surface area (Å²) in [6.07, 6.45) is 2.04. The molecule has 1 N–H and O–H groups in total. The average Bonchev–Trinajstić information content (AvgIpc) is 1.41. The minimum absolute atomic E-state index is 0. The van der Waals surface area contributed by atoms with Gasteiger partial charge in [0.15, 0.2) is 0 Å². The van der Waals surface area contributed by atoms with Gasteiger partial charge < -0.3 is 5.11 Å². The van der Waals surface area contributed by atoms with Gasteiger partial charge in [-0.1, -0.05) is 13.3 Å². The molecule has 0 bridgehead atoms. The van der Waals surface area contributed by atoms with Gasteiger partial charge in [0.1, 0.15) is 0 Å². The number of unbranched alkanes of at least 4 members (excludes halogenated alkanes) is 1. The first kappa shape index (κ1) is 9.71. The quantitative estimate of drug-likeness (QED) is 0.518. The van der Waals surface area contributed by atoms with Crippen LogP contribution in [0, 0.1) is 0 Å². The monoisotopic (exact) mass is 152 g/mol. The fourth-order valence-corrected chi connectivity index (χ4v) is 0.158. The van der Waals surface area contributed by atoms with Crippen LogP contribution in [0.15, 0.2) is 0 Å². The first-order chi connectivity index (χ1) is 2.41. The molecule has 6 heavy (non-hydrogen) atoms. The topological polar surface area (TPSA) is 20.2 Å². The van der Waals surface area contributed by atoms with Gasteiger partial charge >= 0.3 is 17.6 Å². The molecule has 0 aromatic heterocycles. The zero-order valence-electron chi connectivity index (χ0n) is 3.57. The predicted octanol–water partition coefficient (Wildman–Crippen LogP) is -0.673. The molecule has 0 fully saturated rings. The van der Waals surface area contributed by atoms with Gasteiger partial charge in [-0.3, -0.25) is 0 Å². The van der Waals surface area contributed by atoms with E-state index in [4.69, 9.17) is 5.11 Å². The van der Waals surface area contributed by atoms with Crippen molar-refractivity contribution in [2.75, 3.05) is 6.61 Å². The van der Waals surface area contributed by atoms with E-state index in [2.05, 4.69) is 6.92 Å². The molecule has 0 aliphatic heterocycles. The summed E-state index contributed by atoms with van der Waals surface area (Å²) < 4.78 is 0. The number of hydrogen-bond donors (Lipinski definition) is 1. The van der Waals surface area contributed by atoms with Gasteiger partial charge in [-0.2, -0.15) is 0 Å². The van der Waals surface area contributed by atoms with E-state index in [1.54, 1.807) is 0 Å². The summed E-state index contributed by atoms with van der Waals surface area (Å²) in [5, 5.41) is 8.07. The van der Waals surface area contributed by atoms with E-state index in [9.17, 15) is 0 Å². The van der Waals surface area contributed by atoms with Crippen LogP contribution in [0.1, 0.15) is 19.8 Å². The number of hydrogen-bond acceptors (Lipinski definition) is 1. The standard InChI is InChI=1S/C4H10O.GeH4/c1-2-3-4-5;/h5H,2-4H2,1H3;1H4. The molecule has 0 aliphatic rings. The summed E-state index contributed by atoms with van der Waals surface area (Å²) in [7, 11) is 0. The van der Waals surface area contributed by atoms with E-state index in [1.807, 2.05) is 0 Å². The normalized spacial score (nSPS) is 7.00. The number of aliphatic hydroxyl groups is 1. The van der Waals surface area contributed by atoms with E-state index in [-0.39, 0.29) is 17.6 Å². The van der Waals surface area contributed by atoms with Gasteiger partial charge in [0.05, 0.1) is 0 Å². The van der Waals surface area contributed by atoms with Crippen molar-refractivity contribution in [1.82, 2.24) is 0 Å². The Labute approximate surface area is 49.7 Å². The zero-order chi connectivity index (χ0) is 4.12. The van der Waals surface area contributed by atoms with Crippen LogP contribution in [-0.2, 0) is 0 Å². The van der Waals surface area contributed by atoms with Crippen LogP contribution >= 0.6 is 0 Å². The van der Waals surface area contributed by atoms with Crippen LogP contribution < -0.4 is 0 Å². The van der Waals surface area contributed by atoms with Gasteiger partial charge in [0.25, 0.3) is 0 Å². The Balaban J connectivity index is 0. The third-order valence-corrected chi connectivity index (χ3v) is 0.512.